The lowest BCUT2D eigenvalue weighted by Crippen LogP contribution is -2.24. The first-order chi connectivity index (χ1) is 36.4. The van der Waals surface area contributed by atoms with Crippen LogP contribution in [0.25, 0.3) is 70.5 Å². The number of anilines is 6. The predicted molar refractivity (Wildman–Crippen MR) is 312 cm³/mol. The summed E-state index contributed by atoms with van der Waals surface area (Å²) in [5, 5.41) is 17.2. The van der Waals surface area contributed by atoms with Crippen LogP contribution in [-0.2, 0) is 16.2 Å². The second kappa shape index (κ2) is 15.9. The third-order valence-electron chi connectivity index (χ3n) is 17.3. The Morgan fingerprint density at radius 3 is 1.51 bits per heavy atom. The Morgan fingerprint density at radius 2 is 0.827 bits per heavy atom. The quantitative estimate of drug-likeness (QED) is 0.123. The zero-order valence-corrected chi connectivity index (χ0v) is 42.9. The molecule has 0 fully saturated rings. The Morgan fingerprint density at radius 1 is 0.360 bits per heavy atom. The van der Waals surface area contributed by atoms with Gasteiger partial charge in [0, 0.05) is 50.1 Å². The first-order valence-electron chi connectivity index (χ1n) is 26.0. The lowest BCUT2D eigenvalue weighted by atomic mass is 9.68. The van der Waals surface area contributed by atoms with Gasteiger partial charge in [-0.15, -0.1) is 0 Å². The van der Waals surface area contributed by atoms with Crippen molar-refractivity contribution >= 4 is 72.1 Å². The Kier molecular flexibility index (Phi) is 9.42. The van der Waals surface area contributed by atoms with Crippen LogP contribution in [0.15, 0.2) is 206 Å². The SMILES string of the molecule is [C-]#[N+]c1ccc(N(c2ccc3c(c2)-c2ccccc2C3(C)C)c2ccc3c(c2)C(C)(C)c2cccc4c2c-3cc2c3ccccc3c(N(c3ccc(C#N)cc3)c3ccc5c(c3)C(C)(C)c3ccccc3-5)cc42)cc1. The summed E-state index contributed by atoms with van der Waals surface area (Å²) in [4.78, 5) is 8.52. The van der Waals surface area contributed by atoms with Crippen LogP contribution in [0, 0.1) is 17.9 Å². The van der Waals surface area contributed by atoms with E-state index in [1.165, 1.54) is 93.7 Å². The zero-order chi connectivity index (χ0) is 51.1. The van der Waals surface area contributed by atoms with E-state index in [9.17, 15) is 5.26 Å². The van der Waals surface area contributed by atoms with E-state index >= 15 is 0 Å². The van der Waals surface area contributed by atoms with Gasteiger partial charge in [0.05, 0.1) is 23.9 Å². The standard InChI is InChI=1S/C71H52N4/c1-69(2)62-21-13-11-17-52(62)59-37-47(33-36-63(59)69)74(45-29-25-44(73-7)26-30-45)48-31-35-54-60-40-57-50-15-8-9-18-55(50)67(41-58(57)56-19-14-22-64(68(56)60)71(5,6)66(54)38-48)75(46-27-23-43(42-72)24-28-46)49-32-34-53-51-16-10-12-20-61(51)70(3,4)65(53)39-49/h8-41H,1-6H3. The molecule has 0 spiro atoms. The van der Waals surface area contributed by atoms with Gasteiger partial charge in [-0.2, -0.15) is 5.26 Å². The average molecular weight is 961 g/mol. The molecule has 11 aromatic rings. The van der Waals surface area contributed by atoms with Crippen molar-refractivity contribution in [3.05, 3.63) is 257 Å². The highest BCUT2D eigenvalue weighted by atomic mass is 15.1. The van der Waals surface area contributed by atoms with Gasteiger partial charge in [0.25, 0.3) is 0 Å². The fourth-order valence-corrected chi connectivity index (χ4v) is 13.4. The summed E-state index contributed by atoms with van der Waals surface area (Å²) >= 11 is 0. The number of rotatable bonds is 6. The van der Waals surface area contributed by atoms with E-state index in [1.54, 1.807) is 0 Å². The Hall–Kier alpha value is -9.22. The minimum Gasteiger partial charge on any atom is -0.311 e. The molecule has 0 saturated heterocycles. The van der Waals surface area contributed by atoms with Crippen molar-refractivity contribution in [1.82, 2.24) is 0 Å². The van der Waals surface area contributed by atoms with Gasteiger partial charge in [0.1, 0.15) is 0 Å². The monoisotopic (exact) mass is 960 g/mol. The molecular formula is C71H52N4. The smallest absolute Gasteiger partial charge is 0.187 e. The minimum atomic E-state index is -0.366. The Bertz CT molecular complexity index is 4350. The molecule has 0 heterocycles. The van der Waals surface area contributed by atoms with E-state index < -0.39 is 0 Å². The molecule has 0 saturated carbocycles. The normalized spacial score (nSPS) is 14.6. The molecule has 0 aliphatic heterocycles. The van der Waals surface area contributed by atoms with E-state index in [2.05, 4.69) is 244 Å². The first kappa shape index (κ1) is 44.5. The van der Waals surface area contributed by atoms with Gasteiger partial charge in [-0.25, -0.2) is 4.85 Å². The Balaban J connectivity index is 0.970. The lowest BCUT2D eigenvalue weighted by Gasteiger charge is -2.37. The van der Waals surface area contributed by atoms with Gasteiger partial charge in [-0.1, -0.05) is 163 Å². The topological polar surface area (TPSA) is 34.6 Å². The van der Waals surface area contributed by atoms with Crippen LogP contribution in [0.1, 0.15) is 80.5 Å². The number of nitriles is 1. The van der Waals surface area contributed by atoms with Crippen molar-refractivity contribution in [2.24, 2.45) is 0 Å². The van der Waals surface area contributed by atoms with Crippen LogP contribution in [-0.4, -0.2) is 0 Å². The largest absolute Gasteiger partial charge is 0.311 e. The van der Waals surface area contributed by atoms with Gasteiger partial charge in [0.2, 0.25) is 0 Å². The van der Waals surface area contributed by atoms with Gasteiger partial charge in [-0.05, 0) is 179 Å². The van der Waals surface area contributed by atoms with Crippen molar-refractivity contribution < 1.29 is 0 Å². The molecule has 4 nitrogen and oxygen atoms in total. The van der Waals surface area contributed by atoms with Crippen LogP contribution in [0.2, 0.25) is 0 Å². The highest BCUT2D eigenvalue weighted by molar-refractivity contribution is 6.25. The van der Waals surface area contributed by atoms with E-state index in [0.717, 1.165) is 39.5 Å². The number of hydrogen-bond donors (Lipinski definition) is 0. The third-order valence-corrected chi connectivity index (χ3v) is 17.3. The summed E-state index contributed by atoms with van der Waals surface area (Å²) in [6, 6.07) is 77.7. The molecule has 14 rings (SSSR count). The molecule has 0 amide bonds. The summed E-state index contributed by atoms with van der Waals surface area (Å²) in [7, 11) is 0. The van der Waals surface area contributed by atoms with E-state index in [0.29, 0.717) is 11.3 Å². The maximum atomic E-state index is 9.92. The molecule has 0 aromatic heterocycles. The van der Waals surface area contributed by atoms with Crippen LogP contribution in [0.5, 0.6) is 0 Å². The van der Waals surface area contributed by atoms with E-state index in [4.69, 9.17) is 6.57 Å². The molecule has 11 aromatic carbocycles. The van der Waals surface area contributed by atoms with Crippen molar-refractivity contribution in [1.29, 1.82) is 5.26 Å². The summed E-state index contributed by atoms with van der Waals surface area (Å²) in [5.74, 6) is 0. The van der Waals surface area contributed by atoms with Gasteiger partial charge >= 0.3 is 0 Å². The summed E-state index contributed by atoms with van der Waals surface area (Å²) in [6.07, 6.45) is 0. The number of fused-ring (bicyclic) bond motifs is 12. The molecule has 0 N–H and O–H groups in total. The maximum Gasteiger partial charge on any atom is 0.187 e. The van der Waals surface area contributed by atoms with Crippen molar-refractivity contribution in [3.8, 4) is 39.4 Å². The molecule has 0 radical (unpaired) electrons. The van der Waals surface area contributed by atoms with Crippen molar-refractivity contribution in [2.75, 3.05) is 9.80 Å². The summed E-state index contributed by atoms with van der Waals surface area (Å²) in [5.41, 5.74) is 22.4. The molecule has 3 aliphatic rings. The van der Waals surface area contributed by atoms with Crippen molar-refractivity contribution in [2.45, 2.75) is 57.8 Å². The summed E-state index contributed by atoms with van der Waals surface area (Å²) < 4.78 is 0. The van der Waals surface area contributed by atoms with Gasteiger partial charge in [0.15, 0.2) is 5.69 Å². The van der Waals surface area contributed by atoms with E-state index in [-0.39, 0.29) is 16.2 Å². The van der Waals surface area contributed by atoms with Crippen LogP contribution >= 0.6 is 0 Å². The van der Waals surface area contributed by atoms with Gasteiger partial charge in [-0.3, -0.25) is 0 Å². The Labute approximate surface area is 438 Å². The maximum absolute atomic E-state index is 9.92. The molecule has 0 unspecified atom stereocenters. The lowest BCUT2D eigenvalue weighted by molar-refractivity contribution is 0.645. The number of hydrogen-bond acceptors (Lipinski definition) is 3. The second-order valence-corrected chi connectivity index (χ2v) is 22.3. The summed E-state index contributed by atoms with van der Waals surface area (Å²) in [6.45, 7) is 21.9. The highest BCUT2D eigenvalue weighted by Gasteiger charge is 2.39. The molecule has 0 atom stereocenters. The number of nitrogens with zero attached hydrogens (tertiary/aromatic N) is 4. The fraction of sp³-hybridized carbons (Fsp3) is 0.127. The molecule has 0 bridgehead atoms. The second-order valence-electron chi connectivity index (χ2n) is 22.3. The number of benzene rings is 11. The molecule has 3 aliphatic carbocycles. The van der Waals surface area contributed by atoms with E-state index in [1.807, 2.05) is 24.3 Å². The highest BCUT2D eigenvalue weighted by Crippen LogP contribution is 2.56. The van der Waals surface area contributed by atoms with Crippen LogP contribution < -0.4 is 9.80 Å². The third kappa shape index (κ3) is 6.33. The average Bonchev–Trinajstić information content (AvgIpc) is 3.84. The van der Waals surface area contributed by atoms with Crippen LogP contribution in [0.3, 0.4) is 0 Å². The molecule has 356 valence electrons. The molecule has 4 heteroatoms. The zero-order valence-electron chi connectivity index (χ0n) is 42.9. The predicted octanol–water partition coefficient (Wildman–Crippen LogP) is 19.4. The molecule has 75 heavy (non-hydrogen) atoms. The first-order valence-corrected chi connectivity index (χ1v) is 26.0. The van der Waals surface area contributed by atoms with Crippen LogP contribution in [0.4, 0.5) is 39.8 Å². The van der Waals surface area contributed by atoms with Gasteiger partial charge < -0.3 is 9.80 Å². The van der Waals surface area contributed by atoms with Crippen molar-refractivity contribution in [3.63, 3.8) is 0 Å². The fourth-order valence-electron chi connectivity index (χ4n) is 13.4. The molecular weight excluding hydrogens is 909 g/mol. The minimum absolute atomic E-state index is 0.106.